The van der Waals surface area contributed by atoms with Gasteiger partial charge in [-0.25, -0.2) is 13.6 Å². The Morgan fingerprint density at radius 2 is 2.12 bits per heavy atom. The second-order valence-corrected chi connectivity index (χ2v) is 3.51. The Hall–Kier alpha value is -0.870. The molecule has 3 nitrogen and oxygen atoms in total. The molecule has 0 aliphatic heterocycles. The van der Waals surface area contributed by atoms with Crippen LogP contribution in [0.5, 0.6) is 0 Å². The van der Waals surface area contributed by atoms with Crippen molar-refractivity contribution in [2.45, 2.75) is 58.5 Å². The van der Waals surface area contributed by atoms with E-state index >= 15 is 0 Å². The van der Waals surface area contributed by atoms with E-state index in [1.54, 1.807) is 6.92 Å². The van der Waals surface area contributed by atoms with E-state index in [9.17, 15) is 13.6 Å². The fourth-order valence-corrected chi connectivity index (χ4v) is 1.56. The van der Waals surface area contributed by atoms with Crippen LogP contribution in [0.25, 0.3) is 0 Å². The number of alkyl carbamates (subject to hydrolysis) is 1. The molecule has 1 aliphatic rings. The number of nitrogens with one attached hydrogen (secondary N) is 1. The van der Waals surface area contributed by atoms with Gasteiger partial charge in [0.15, 0.2) is 0 Å². The SMILES string of the molecule is CC.CCNC(=O)OC1CCCC(F)(F)C1. The fraction of sp³-hybridized carbons (Fsp3) is 0.909. The maximum atomic E-state index is 12.9. The Bertz CT molecular complexity index is 210. The molecule has 1 unspecified atom stereocenters. The number of ether oxygens (including phenoxy) is 1. The van der Waals surface area contributed by atoms with Crippen molar-refractivity contribution in [1.82, 2.24) is 5.32 Å². The van der Waals surface area contributed by atoms with Crippen LogP contribution in [0.1, 0.15) is 46.5 Å². The quantitative estimate of drug-likeness (QED) is 0.800. The highest BCUT2D eigenvalue weighted by atomic mass is 19.3. The molecule has 0 aromatic rings. The van der Waals surface area contributed by atoms with Gasteiger partial charge in [-0.2, -0.15) is 0 Å². The summed E-state index contributed by atoms with van der Waals surface area (Å²) in [6.07, 6.45) is -0.726. The summed E-state index contributed by atoms with van der Waals surface area (Å²) < 4.78 is 30.6. The lowest BCUT2D eigenvalue weighted by Gasteiger charge is -2.28. The Balaban J connectivity index is 0.00000106. The lowest BCUT2D eigenvalue weighted by molar-refractivity contribution is -0.0782. The van der Waals surface area contributed by atoms with E-state index in [4.69, 9.17) is 4.74 Å². The second-order valence-electron chi connectivity index (χ2n) is 3.51. The van der Waals surface area contributed by atoms with E-state index in [0.717, 1.165) is 0 Å². The van der Waals surface area contributed by atoms with Crippen LogP contribution < -0.4 is 5.32 Å². The fourth-order valence-electron chi connectivity index (χ4n) is 1.56. The maximum Gasteiger partial charge on any atom is 0.407 e. The molecule has 0 saturated heterocycles. The van der Waals surface area contributed by atoms with Gasteiger partial charge < -0.3 is 10.1 Å². The summed E-state index contributed by atoms with van der Waals surface area (Å²) in [5, 5.41) is 2.41. The van der Waals surface area contributed by atoms with Crippen molar-refractivity contribution >= 4 is 6.09 Å². The van der Waals surface area contributed by atoms with Crippen molar-refractivity contribution in [2.75, 3.05) is 6.54 Å². The third-order valence-electron chi connectivity index (χ3n) is 2.19. The van der Waals surface area contributed by atoms with Crippen molar-refractivity contribution in [3.63, 3.8) is 0 Å². The highest BCUT2D eigenvalue weighted by Crippen LogP contribution is 2.34. The first-order chi connectivity index (χ1) is 7.53. The first-order valence-corrected chi connectivity index (χ1v) is 5.86. The molecule has 1 amide bonds. The number of carbonyl (C=O) groups excluding carboxylic acids is 1. The van der Waals surface area contributed by atoms with Crippen LogP contribution in [-0.4, -0.2) is 24.7 Å². The summed E-state index contributed by atoms with van der Waals surface area (Å²) in [4.78, 5) is 10.9. The summed E-state index contributed by atoms with van der Waals surface area (Å²) in [6, 6.07) is 0. The van der Waals surface area contributed by atoms with Crippen LogP contribution in [0, 0.1) is 0 Å². The van der Waals surface area contributed by atoms with Gasteiger partial charge in [0.1, 0.15) is 6.10 Å². The van der Waals surface area contributed by atoms with Crippen LogP contribution in [0.2, 0.25) is 0 Å². The van der Waals surface area contributed by atoms with Crippen LogP contribution in [0.3, 0.4) is 0 Å². The van der Waals surface area contributed by atoms with E-state index in [1.165, 1.54) is 0 Å². The summed E-state index contributed by atoms with van der Waals surface area (Å²) >= 11 is 0. The molecule has 96 valence electrons. The molecule has 0 heterocycles. The van der Waals surface area contributed by atoms with Crippen molar-refractivity contribution in [2.24, 2.45) is 0 Å². The molecule has 0 aromatic carbocycles. The van der Waals surface area contributed by atoms with E-state index in [1.807, 2.05) is 13.8 Å². The van der Waals surface area contributed by atoms with Crippen molar-refractivity contribution in [3.8, 4) is 0 Å². The monoisotopic (exact) mass is 237 g/mol. The van der Waals surface area contributed by atoms with E-state index in [-0.39, 0.29) is 12.8 Å². The zero-order valence-electron chi connectivity index (χ0n) is 10.2. The normalized spacial score (nSPS) is 22.7. The molecule has 1 rings (SSSR count). The second kappa shape index (κ2) is 7.41. The lowest BCUT2D eigenvalue weighted by Crippen LogP contribution is -2.35. The van der Waals surface area contributed by atoms with Crippen molar-refractivity contribution in [1.29, 1.82) is 0 Å². The molecule has 0 spiro atoms. The maximum absolute atomic E-state index is 12.9. The van der Waals surface area contributed by atoms with Gasteiger partial charge in [0.25, 0.3) is 5.92 Å². The molecule has 1 fully saturated rings. The summed E-state index contributed by atoms with van der Waals surface area (Å²) in [6.45, 7) is 6.19. The molecule has 16 heavy (non-hydrogen) atoms. The van der Waals surface area contributed by atoms with E-state index in [2.05, 4.69) is 5.32 Å². The van der Waals surface area contributed by atoms with Crippen LogP contribution in [0.4, 0.5) is 13.6 Å². The minimum absolute atomic E-state index is 0.0950. The topological polar surface area (TPSA) is 38.3 Å². The Kier molecular flexibility index (Phi) is 7.01. The Morgan fingerprint density at radius 3 is 2.62 bits per heavy atom. The van der Waals surface area contributed by atoms with Crippen LogP contribution >= 0.6 is 0 Å². The zero-order valence-corrected chi connectivity index (χ0v) is 10.2. The molecule has 0 bridgehead atoms. The molecular weight excluding hydrogens is 216 g/mol. The predicted octanol–water partition coefficient (Wildman–Crippen LogP) is 3.34. The minimum Gasteiger partial charge on any atom is -0.446 e. The Morgan fingerprint density at radius 1 is 1.50 bits per heavy atom. The zero-order chi connectivity index (χ0) is 12.6. The van der Waals surface area contributed by atoms with E-state index < -0.39 is 18.1 Å². The summed E-state index contributed by atoms with van der Waals surface area (Å²) in [7, 11) is 0. The molecule has 1 saturated carbocycles. The molecule has 1 N–H and O–H groups in total. The molecule has 1 atom stereocenters. The number of hydrogen-bond acceptors (Lipinski definition) is 2. The third-order valence-corrected chi connectivity index (χ3v) is 2.19. The van der Waals surface area contributed by atoms with Gasteiger partial charge in [-0.3, -0.25) is 0 Å². The average molecular weight is 237 g/mol. The van der Waals surface area contributed by atoms with Crippen LogP contribution in [-0.2, 0) is 4.74 Å². The standard InChI is InChI=1S/C9H15F2NO2.C2H6/c1-2-12-8(13)14-7-4-3-5-9(10,11)6-7;1-2/h7H,2-6H2,1H3,(H,12,13);1-2H3. The number of carbonyl (C=O) groups is 1. The van der Waals surface area contributed by atoms with Crippen LogP contribution in [0.15, 0.2) is 0 Å². The highest BCUT2D eigenvalue weighted by molar-refractivity contribution is 5.67. The van der Waals surface area contributed by atoms with Crippen molar-refractivity contribution in [3.05, 3.63) is 0 Å². The lowest BCUT2D eigenvalue weighted by atomic mass is 9.94. The molecule has 0 radical (unpaired) electrons. The first kappa shape index (κ1) is 15.1. The van der Waals surface area contributed by atoms with Gasteiger partial charge in [-0.05, 0) is 19.8 Å². The highest BCUT2D eigenvalue weighted by Gasteiger charge is 2.37. The third kappa shape index (κ3) is 5.88. The van der Waals surface area contributed by atoms with Gasteiger partial charge in [0.2, 0.25) is 0 Å². The van der Waals surface area contributed by atoms with E-state index in [0.29, 0.717) is 19.4 Å². The number of hydrogen-bond donors (Lipinski definition) is 1. The van der Waals surface area contributed by atoms with Gasteiger partial charge in [0, 0.05) is 19.4 Å². The van der Waals surface area contributed by atoms with Gasteiger partial charge >= 0.3 is 6.09 Å². The largest absolute Gasteiger partial charge is 0.446 e. The van der Waals surface area contributed by atoms with Gasteiger partial charge in [-0.1, -0.05) is 13.8 Å². The smallest absolute Gasteiger partial charge is 0.407 e. The van der Waals surface area contributed by atoms with Gasteiger partial charge in [-0.15, -0.1) is 0 Å². The van der Waals surface area contributed by atoms with Gasteiger partial charge in [0.05, 0.1) is 0 Å². The molecule has 0 aromatic heterocycles. The number of rotatable bonds is 2. The summed E-state index contributed by atoms with van der Waals surface area (Å²) in [5.41, 5.74) is 0. The minimum atomic E-state index is -2.67. The van der Waals surface area contributed by atoms with Crippen molar-refractivity contribution < 1.29 is 18.3 Å². The predicted molar refractivity (Wildman–Crippen MR) is 58.7 cm³/mol. The number of amides is 1. The first-order valence-electron chi connectivity index (χ1n) is 5.86. The average Bonchev–Trinajstić information content (AvgIpc) is 2.19. The molecular formula is C11H21F2NO2. The molecule has 1 aliphatic carbocycles. The molecule has 5 heteroatoms. The Labute approximate surface area is 95.5 Å². The summed E-state index contributed by atoms with van der Waals surface area (Å²) in [5.74, 6) is -2.67. The number of alkyl halides is 2. The number of halogens is 2.